The zero-order valence-electron chi connectivity index (χ0n) is 10.7. The van der Waals surface area contributed by atoms with E-state index in [2.05, 4.69) is 4.98 Å². The van der Waals surface area contributed by atoms with Crippen LogP contribution in [0, 0.1) is 11.6 Å². The Morgan fingerprint density at radius 1 is 0.900 bits per heavy atom. The standard InChI is InChI=1S/C16H13F2NO/c17-13-4-3-10(7-14(13)18)1-2-11-8-15-12(5-6-19-15)16(20)9-11/h3-9,19-20H,1-2H2. The highest BCUT2D eigenvalue weighted by Gasteiger charge is 2.06. The van der Waals surface area contributed by atoms with Crippen LogP contribution < -0.4 is 0 Å². The van der Waals surface area contributed by atoms with E-state index in [1.54, 1.807) is 18.3 Å². The Hall–Kier alpha value is -2.36. The van der Waals surface area contributed by atoms with E-state index in [1.807, 2.05) is 12.1 Å². The van der Waals surface area contributed by atoms with Crippen LogP contribution >= 0.6 is 0 Å². The zero-order valence-corrected chi connectivity index (χ0v) is 10.7. The molecule has 0 aliphatic rings. The van der Waals surface area contributed by atoms with Gasteiger partial charge < -0.3 is 10.1 Å². The molecule has 0 spiro atoms. The number of rotatable bonds is 3. The molecule has 0 unspecified atom stereocenters. The van der Waals surface area contributed by atoms with Crippen molar-refractivity contribution in [3.63, 3.8) is 0 Å². The van der Waals surface area contributed by atoms with Crippen molar-refractivity contribution in [1.29, 1.82) is 0 Å². The van der Waals surface area contributed by atoms with Crippen molar-refractivity contribution >= 4 is 10.9 Å². The Labute approximate surface area is 114 Å². The average molecular weight is 273 g/mol. The molecule has 0 aliphatic heterocycles. The van der Waals surface area contributed by atoms with Crippen LogP contribution in [0.1, 0.15) is 11.1 Å². The third-order valence-electron chi connectivity index (χ3n) is 3.39. The fourth-order valence-electron chi connectivity index (χ4n) is 2.33. The van der Waals surface area contributed by atoms with Gasteiger partial charge in [-0.2, -0.15) is 0 Å². The zero-order chi connectivity index (χ0) is 14.1. The van der Waals surface area contributed by atoms with Crippen molar-refractivity contribution in [2.75, 3.05) is 0 Å². The van der Waals surface area contributed by atoms with Crippen molar-refractivity contribution in [3.05, 3.63) is 65.4 Å². The number of phenols is 1. The number of H-pyrrole nitrogens is 1. The summed E-state index contributed by atoms with van der Waals surface area (Å²) in [6, 6.07) is 9.39. The van der Waals surface area contributed by atoms with Gasteiger partial charge in [-0.3, -0.25) is 0 Å². The lowest BCUT2D eigenvalue weighted by molar-refractivity contribution is 0.481. The fourth-order valence-corrected chi connectivity index (χ4v) is 2.33. The highest BCUT2D eigenvalue weighted by Crippen LogP contribution is 2.26. The third kappa shape index (κ3) is 2.37. The molecule has 0 fully saturated rings. The van der Waals surface area contributed by atoms with E-state index in [1.165, 1.54) is 6.07 Å². The maximum Gasteiger partial charge on any atom is 0.159 e. The molecule has 3 aromatic rings. The molecule has 0 aliphatic carbocycles. The summed E-state index contributed by atoms with van der Waals surface area (Å²) < 4.78 is 26.0. The summed E-state index contributed by atoms with van der Waals surface area (Å²) in [5, 5.41) is 10.7. The molecule has 1 aromatic heterocycles. The first kappa shape index (κ1) is 12.7. The smallest absolute Gasteiger partial charge is 0.159 e. The minimum absolute atomic E-state index is 0.226. The molecule has 1 heterocycles. The Balaban J connectivity index is 1.80. The molecular formula is C16H13F2NO. The van der Waals surface area contributed by atoms with Crippen LogP contribution in [-0.2, 0) is 12.8 Å². The van der Waals surface area contributed by atoms with Crippen molar-refractivity contribution in [1.82, 2.24) is 4.98 Å². The molecule has 2 N–H and O–H groups in total. The molecule has 2 aromatic carbocycles. The van der Waals surface area contributed by atoms with E-state index < -0.39 is 11.6 Å². The molecular weight excluding hydrogens is 260 g/mol. The largest absolute Gasteiger partial charge is 0.507 e. The number of phenolic OH excluding ortho intramolecular Hbond substituents is 1. The second-order valence-corrected chi connectivity index (χ2v) is 4.80. The van der Waals surface area contributed by atoms with Crippen LogP contribution in [0.4, 0.5) is 8.78 Å². The van der Waals surface area contributed by atoms with Crippen LogP contribution in [-0.4, -0.2) is 10.1 Å². The number of aromatic hydroxyl groups is 1. The monoisotopic (exact) mass is 273 g/mol. The normalized spacial score (nSPS) is 11.1. The minimum atomic E-state index is -0.834. The van der Waals surface area contributed by atoms with Gasteiger partial charge in [0.1, 0.15) is 5.75 Å². The van der Waals surface area contributed by atoms with E-state index in [-0.39, 0.29) is 5.75 Å². The average Bonchev–Trinajstić information content (AvgIpc) is 2.89. The first-order chi connectivity index (χ1) is 9.63. The Bertz CT molecular complexity index is 764. The highest BCUT2D eigenvalue weighted by atomic mass is 19.2. The third-order valence-corrected chi connectivity index (χ3v) is 3.39. The van der Waals surface area contributed by atoms with Gasteiger partial charge in [0.15, 0.2) is 11.6 Å². The second kappa shape index (κ2) is 4.96. The number of fused-ring (bicyclic) bond motifs is 1. The molecule has 4 heteroatoms. The van der Waals surface area contributed by atoms with Gasteiger partial charge >= 0.3 is 0 Å². The first-order valence-corrected chi connectivity index (χ1v) is 6.36. The maximum atomic E-state index is 13.1. The number of aryl methyl sites for hydroxylation is 2. The van der Waals surface area contributed by atoms with Gasteiger partial charge in [0, 0.05) is 17.1 Å². The Kier molecular flexibility index (Phi) is 3.14. The molecule has 0 bridgehead atoms. The summed E-state index contributed by atoms with van der Waals surface area (Å²) >= 11 is 0. The number of benzene rings is 2. The summed E-state index contributed by atoms with van der Waals surface area (Å²) in [5.41, 5.74) is 2.54. The van der Waals surface area contributed by atoms with E-state index in [0.29, 0.717) is 12.8 Å². The van der Waals surface area contributed by atoms with Gasteiger partial charge in [-0.15, -0.1) is 0 Å². The van der Waals surface area contributed by atoms with Crippen LogP contribution in [0.15, 0.2) is 42.6 Å². The quantitative estimate of drug-likeness (QED) is 0.745. The molecule has 0 saturated carbocycles. The molecule has 0 amide bonds. The van der Waals surface area contributed by atoms with Gasteiger partial charge in [0.2, 0.25) is 0 Å². The predicted molar refractivity (Wildman–Crippen MR) is 73.7 cm³/mol. The fraction of sp³-hybridized carbons (Fsp3) is 0.125. The topological polar surface area (TPSA) is 36.0 Å². The number of hydrogen-bond acceptors (Lipinski definition) is 1. The van der Waals surface area contributed by atoms with E-state index in [0.717, 1.165) is 28.1 Å². The van der Waals surface area contributed by atoms with Gasteiger partial charge in [-0.1, -0.05) is 6.07 Å². The molecule has 3 rings (SSSR count). The maximum absolute atomic E-state index is 13.1. The number of aromatic amines is 1. The molecule has 2 nitrogen and oxygen atoms in total. The van der Waals surface area contributed by atoms with Gasteiger partial charge in [-0.05, 0) is 54.3 Å². The van der Waals surface area contributed by atoms with Crippen LogP contribution in [0.5, 0.6) is 5.75 Å². The van der Waals surface area contributed by atoms with Crippen molar-refractivity contribution in [2.24, 2.45) is 0 Å². The first-order valence-electron chi connectivity index (χ1n) is 6.36. The number of aromatic nitrogens is 1. The SMILES string of the molecule is Oc1cc(CCc2ccc(F)c(F)c2)cc2[nH]ccc12. The van der Waals surface area contributed by atoms with Crippen LogP contribution in [0.3, 0.4) is 0 Å². The summed E-state index contributed by atoms with van der Waals surface area (Å²) in [5.74, 6) is -1.44. The van der Waals surface area contributed by atoms with Crippen molar-refractivity contribution in [3.8, 4) is 5.75 Å². The van der Waals surface area contributed by atoms with Gasteiger partial charge in [-0.25, -0.2) is 8.78 Å². The van der Waals surface area contributed by atoms with E-state index >= 15 is 0 Å². The summed E-state index contributed by atoms with van der Waals surface area (Å²) in [7, 11) is 0. The lowest BCUT2D eigenvalue weighted by atomic mass is 10.0. The predicted octanol–water partition coefficient (Wildman–Crippen LogP) is 3.94. The van der Waals surface area contributed by atoms with Crippen LogP contribution in [0.25, 0.3) is 10.9 Å². The minimum Gasteiger partial charge on any atom is -0.507 e. The molecule has 0 saturated heterocycles. The van der Waals surface area contributed by atoms with Crippen molar-refractivity contribution < 1.29 is 13.9 Å². The summed E-state index contributed by atoms with van der Waals surface area (Å²) in [6.45, 7) is 0. The van der Waals surface area contributed by atoms with Gasteiger partial charge in [0.25, 0.3) is 0 Å². The molecule has 0 atom stereocenters. The van der Waals surface area contributed by atoms with E-state index in [9.17, 15) is 13.9 Å². The molecule has 20 heavy (non-hydrogen) atoms. The second-order valence-electron chi connectivity index (χ2n) is 4.80. The number of hydrogen-bond donors (Lipinski definition) is 2. The number of nitrogens with one attached hydrogen (secondary N) is 1. The van der Waals surface area contributed by atoms with E-state index in [4.69, 9.17) is 0 Å². The Morgan fingerprint density at radius 3 is 2.50 bits per heavy atom. The highest BCUT2D eigenvalue weighted by molar-refractivity contribution is 5.86. The number of halogens is 2. The Morgan fingerprint density at radius 2 is 1.70 bits per heavy atom. The summed E-state index contributed by atoms with van der Waals surface area (Å²) in [6.07, 6.45) is 3.00. The molecule has 102 valence electrons. The lowest BCUT2D eigenvalue weighted by Crippen LogP contribution is -1.94. The molecule has 0 radical (unpaired) electrons. The van der Waals surface area contributed by atoms with Crippen LogP contribution in [0.2, 0.25) is 0 Å². The lowest BCUT2D eigenvalue weighted by Gasteiger charge is -2.05. The summed E-state index contributed by atoms with van der Waals surface area (Å²) in [4.78, 5) is 3.05. The van der Waals surface area contributed by atoms with Crippen molar-refractivity contribution in [2.45, 2.75) is 12.8 Å². The van der Waals surface area contributed by atoms with Gasteiger partial charge in [0.05, 0.1) is 0 Å².